The second-order valence-electron chi connectivity index (χ2n) is 17.5. The molecule has 64 heavy (non-hydrogen) atoms. The molecule has 10 aromatic rings. The van der Waals surface area contributed by atoms with Crippen molar-refractivity contribution in [1.82, 2.24) is 0 Å². The summed E-state index contributed by atoms with van der Waals surface area (Å²) < 4.78 is 24.5. The molecule has 0 radical (unpaired) electrons. The molecule has 0 aliphatic carbocycles. The molecule has 0 unspecified atom stereocenters. The van der Waals surface area contributed by atoms with E-state index in [1.807, 2.05) is 72.8 Å². The number of hydrogen-bond acceptors (Lipinski definition) is 3. The SMILES string of the molecule is C[Si](C)(C)c1ccc(N(c2ccccc2)c2ccc3c(c2)Oc2cccc4c(N(c5ccc6ccccc6c5)c5c(F)cc(-c6ccccc6)cc5-c5ccccc5)ccc-3c24)cc1. The van der Waals surface area contributed by atoms with Crippen molar-refractivity contribution < 1.29 is 9.13 Å². The largest absolute Gasteiger partial charge is 0.456 e. The Hall–Kier alpha value is -7.73. The zero-order valence-electron chi connectivity index (χ0n) is 36.0. The summed E-state index contributed by atoms with van der Waals surface area (Å²) in [6.07, 6.45) is 0. The molecule has 1 heterocycles. The minimum absolute atomic E-state index is 0.318. The third-order valence-electron chi connectivity index (χ3n) is 12.4. The highest BCUT2D eigenvalue weighted by Gasteiger charge is 2.29. The average Bonchev–Trinajstić information content (AvgIpc) is 3.33. The lowest BCUT2D eigenvalue weighted by atomic mass is 9.92. The van der Waals surface area contributed by atoms with Crippen molar-refractivity contribution in [1.29, 1.82) is 0 Å². The molecule has 0 fully saturated rings. The zero-order chi connectivity index (χ0) is 43.4. The van der Waals surface area contributed by atoms with E-state index in [0.717, 1.165) is 94.9 Å². The number of anilines is 6. The third-order valence-corrected chi connectivity index (χ3v) is 14.5. The molecule has 1 aliphatic heterocycles. The van der Waals surface area contributed by atoms with E-state index in [9.17, 15) is 0 Å². The van der Waals surface area contributed by atoms with Crippen LogP contribution in [0.15, 0.2) is 218 Å². The van der Waals surface area contributed by atoms with Gasteiger partial charge in [0.25, 0.3) is 0 Å². The van der Waals surface area contributed by atoms with Crippen LogP contribution >= 0.6 is 0 Å². The predicted molar refractivity (Wildman–Crippen MR) is 270 cm³/mol. The molecule has 0 bridgehead atoms. The number of halogens is 1. The maximum atomic E-state index is 17.6. The Labute approximate surface area is 374 Å². The molecule has 308 valence electrons. The van der Waals surface area contributed by atoms with Crippen LogP contribution < -0.4 is 19.7 Å². The van der Waals surface area contributed by atoms with E-state index < -0.39 is 8.07 Å². The molecule has 0 saturated heterocycles. The molecule has 3 nitrogen and oxygen atoms in total. The lowest BCUT2D eigenvalue weighted by molar-refractivity contribution is 0.487. The zero-order valence-corrected chi connectivity index (χ0v) is 37.0. The van der Waals surface area contributed by atoms with Gasteiger partial charge in [-0.1, -0.05) is 164 Å². The molecular formula is C59H45FN2OSi. The maximum Gasteiger partial charge on any atom is 0.148 e. The molecule has 0 saturated carbocycles. The van der Waals surface area contributed by atoms with Crippen LogP contribution in [0.1, 0.15) is 0 Å². The van der Waals surface area contributed by atoms with E-state index in [0.29, 0.717) is 5.69 Å². The molecule has 0 atom stereocenters. The van der Waals surface area contributed by atoms with Crippen molar-refractivity contribution in [2.45, 2.75) is 19.6 Å². The van der Waals surface area contributed by atoms with Gasteiger partial charge in [-0.25, -0.2) is 4.39 Å². The van der Waals surface area contributed by atoms with Crippen molar-refractivity contribution in [3.05, 3.63) is 224 Å². The van der Waals surface area contributed by atoms with Crippen LogP contribution in [0.5, 0.6) is 11.5 Å². The first-order valence-electron chi connectivity index (χ1n) is 21.9. The van der Waals surface area contributed by atoms with Gasteiger partial charge in [0.2, 0.25) is 0 Å². The lowest BCUT2D eigenvalue weighted by Crippen LogP contribution is -2.37. The molecule has 10 aromatic carbocycles. The fourth-order valence-electron chi connectivity index (χ4n) is 9.24. The first-order valence-corrected chi connectivity index (χ1v) is 25.4. The molecular weight excluding hydrogens is 800 g/mol. The average molecular weight is 845 g/mol. The Kier molecular flexibility index (Phi) is 9.71. The highest BCUT2D eigenvalue weighted by Crippen LogP contribution is 2.53. The number of nitrogens with zero attached hydrogens (tertiary/aromatic N) is 2. The van der Waals surface area contributed by atoms with Crippen LogP contribution in [0.4, 0.5) is 38.5 Å². The van der Waals surface area contributed by atoms with E-state index in [1.54, 1.807) is 6.07 Å². The Balaban J connectivity index is 1.09. The minimum Gasteiger partial charge on any atom is -0.456 e. The summed E-state index contributed by atoms with van der Waals surface area (Å²) in [5.41, 5.74) is 10.9. The summed E-state index contributed by atoms with van der Waals surface area (Å²) in [5, 5.41) is 5.54. The van der Waals surface area contributed by atoms with Crippen LogP contribution in [0, 0.1) is 5.82 Å². The number of fused-ring (bicyclic) bond motifs is 3. The van der Waals surface area contributed by atoms with Crippen molar-refractivity contribution in [3.8, 4) is 44.9 Å². The molecule has 1 aliphatic rings. The second-order valence-corrected chi connectivity index (χ2v) is 22.6. The van der Waals surface area contributed by atoms with E-state index in [2.05, 4.69) is 169 Å². The van der Waals surface area contributed by atoms with Crippen molar-refractivity contribution in [2.24, 2.45) is 0 Å². The fraction of sp³-hybridized carbons (Fsp3) is 0.0508. The molecule has 5 heteroatoms. The van der Waals surface area contributed by atoms with E-state index in [1.165, 1.54) is 5.19 Å². The van der Waals surface area contributed by atoms with Gasteiger partial charge in [-0.3, -0.25) is 0 Å². The molecule has 0 aromatic heterocycles. The van der Waals surface area contributed by atoms with Crippen LogP contribution in [-0.4, -0.2) is 8.07 Å². The fourth-order valence-corrected chi connectivity index (χ4v) is 10.4. The summed E-state index contributed by atoms with van der Waals surface area (Å²) in [6.45, 7) is 7.14. The number of rotatable bonds is 9. The summed E-state index contributed by atoms with van der Waals surface area (Å²) >= 11 is 0. The minimum atomic E-state index is -1.48. The van der Waals surface area contributed by atoms with Gasteiger partial charge < -0.3 is 14.5 Å². The van der Waals surface area contributed by atoms with Gasteiger partial charge in [-0.2, -0.15) is 0 Å². The van der Waals surface area contributed by atoms with Gasteiger partial charge >= 0.3 is 0 Å². The van der Waals surface area contributed by atoms with Gasteiger partial charge in [0.05, 0.1) is 19.4 Å². The van der Waals surface area contributed by atoms with Gasteiger partial charge in [-0.15, -0.1) is 0 Å². The van der Waals surface area contributed by atoms with Crippen LogP contribution in [0.3, 0.4) is 0 Å². The van der Waals surface area contributed by atoms with Gasteiger partial charge in [-0.05, 0) is 106 Å². The summed E-state index contributed by atoms with van der Waals surface area (Å²) in [7, 11) is -1.48. The monoisotopic (exact) mass is 844 g/mol. The predicted octanol–water partition coefficient (Wildman–Crippen LogP) is 16.7. The Morgan fingerprint density at radius 2 is 1.02 bits per heavy atom. The highest BCUT2D eigenvalue weighted by molar-refractivity contribution is 6.88. The quantitative estimate of drug-likeness (QED) is 0.135. The van der Waals surface area contributed by atoms with E-state index in [4.69, 9.17) is 4.74 Å². The Morgan fingerprint density at radius 1 is 0.406 bits per heavy atom. The van der Waals surface area contributed by atoms with Crippen LogP contribution in [-0.2, 0) is 0 Å². The molecule has 0 spiro atoms. The Bertz CT molecular complexity index is 3350. The topological polar surface area (TPSA) is 15.7 Å². The summed E-state index contributed by atoms with van der Waals surface area (Å²) in [4.78, 5) is 4.39. The molecule has 11 rings (SSSR count). The maximum absolute atomic E-state index is 17.6. The number of para-hydroxylation sites is 1. The number of ether oxygens (including phenoxy) is 1. The third kappa shape index (κ3) is 7.00. The first kappa shape index (κ1) is 39.1. The molecule has 0 amide bonds. The highest BCUT2D eigenvalue weighted by atomic mass is 28.3. The number of benzene rings is 10. The normalized spacial score (nSPS) is 11.9. The van der Waals surface area contributed by atoms with Crippen molar-refractivity contribution in [3.63, 3.8) is 0 Å². The summed E-state index contributed by atoms with van der Waals surface area (Å²) in [5.74, 6) is 1.22. The smallest absolute Gasteiger partial charge is 0.148 e. The first-order chi connectivity index (χ1) is 31.3. The van der Waals surface area contributed by atoms with E-state index in [-0.39, 0.29) is 5.82 Å². The van der Waals surface area contributed by atoms with E-state index >= 15 is 4.39 Å². The van der Waals surface area contributed by atoms with Crippen LogP contribution in [0.2, 0.25) is 19.6 Å². The van der Waals surface area contributed by atoms with Crippen LogP contribution in [0.25, 0.3) is 54.9 Å². The Morgan fingerprint density at radius 3 is 1.75 bits per heavy atom. The van der Waals surface area contributed by atoms with Gasteiger partial charge in [0, 0.05) is 50.7 Å². The number of hydrogen-bond donors (Lipinski definition) is 0. The summed E-state index contributed by atoms with van der Waals surface area (Å²) in [6, 6.07) is 75.3. The van der Waals surface area contributed by atoms with Gasteiger partial charge in [0.1, 0.15) is 17.3 Å². The molecule has 0 N–H and O–H groups in total. The van der Waals surface area contributed by atoms with Crippen molar-refractivity contribution >= 4 is 68.9 Å². The van der Waals surface area contributed by atoms with Gasteiger partial charge in [0.15, 0.2) is 0 Å². The van der Waals surface area contributed by atoms with Crippen molar-refractivity contribution in [2.75, 3.05) is 9.80 Å². The standard InChI is InChI=1S/C59H45FN2OSi/c1-64(2,3)49-31-28-46(29-32-49)61(45-22-11-6-12-23-45)48-30-33-50-51-34-35-55(52-24-15-25-56(58(51)52)63-57(50)39-48)62(47-27-26-41-18-13-14-21-43(41)36-47)59-53(42-19-9-5-10-20-42)37-44(38-54(59)60)40-16-7-4-8-17-40/h4-39H,1-3H3. The second kappa shape index (κ2) is 15.9. The lowest BCUT2D eigenvalue weighted by Gasteiger charge is -2.32.